The molecular weight excluding hydrogens is 230 g/mol. The quantitative estimate of drug-likeness (QED) is 0.788. The Balaban J connectivity index is 1.96. The number of nitrogens with zero attached hydrogens (tertiary/aromatic N) is 2. The van der Waals surface area contributed by atoms with Gasteiger partial charge in [0.15, 0.2) is 5.82 Å². The molecule has 0 saturated carbocycles. The Bertz CT molecular complexity index is 479. The SMILES string of the molecule is COCCNCc1cnc(-c2ccoc2C)nc1. The maximum atomic E-state index is 5.23. The Morgan fingerprint density at radius 3 is 2.72 bits per heavy atom. The van der Waals surface area contributed by atoms with Crippen LogP contribution in [0.5, 0.6) is 0 Å². The van der Waals surface area contributed by atoms with Crippen molar-refractivity contribution in [3.05, 3.63) is 36.0 Å². The van der Waals surface area contributed by atoms with Crippen LogP contribution in [0, 0.1) is 6.92 Å². The molecule has 0 aromatic carbocycles. The first-order chi connectivity index (χ1) is 8.81. The highest BCUT2D eigenvalue weighted by atomic mass is 16.5. The summed E-state index contributed by atoms with van der Waals surface area (Å²) >= 11 is 0. The number of hydrogen-bond donors (Lipinski definition) is 1. The van der Waals surface area contributed by atoms with Crippen molar-refractivity contribution in [3.8, 4) is 11.4 Å². The van der Waals surface area contributed by atoms with E-state index in [1.807, 2.05) is 25.4 Å². The normalized spacial score (nSPS) is 10.8. The van der Waals surface area contributed by atoms with E-state index in [1.165, 1.54) is 0 Å². The Hall–Kier alpha value is -1.72. The lowest BCUT2D eigenvalue weighted by atomic mass is 10.2. The van der Waals surface area contributed by atoms with E-state index in [1.54, 1.807) is 13.4 Å². The van der Waals surface area contributed by atoms with E-state index in [0.717, 1.165) is 30.0 Å². The summed E-state index contributed by atoms with van der Waals surface area (Å²) < 4.78 is 10.2. The molecule has 0 saturated heterocycles. The van der Waals surface area contributed by atoms with Crippen LogP contribution in [0.3, 0.4) is 0 Å². The number of hydrogen-bond acceptors (Lipinski definition) is 5. The van der Waals surface area contributed by atoms with Crippen LogP contribution >= 0.6 is 0 Å². The van der Waals surface area contributed by atoms with Crippen molar-refractivity contribution in [1.29, 1.82) is 0 Å². The molecule has 0 bridgehead atoms. The summed E-state index contributed by atoms with van der Waals surface area (Å²) in [6, 6.07) is 1.88. The van der Waals surface area contributed by atoms with Gasteiger partial charge in [-0.15, -0.1) is 0 Å². The highest BCUT2D eigenvalue weighted by Crippen LogP contribution is 2.19. The predicted molar refractivity (Wildman–Crippen MR) is 68.1 cm³/mol. The van der Waals surface area contributed by atoms with Gasteiger partial charge in [0.2, 0.25) is 0 Å². The second-order valence-electron chi connectivity index (χ2n) is 3.97. The molecule has 2 aromatic heterocycles. The maximum absolute atomic E-state index is 5.23. The van der Waals surface area contributed by atoms with Crippen molar-refractivity contribution in [2.75, 3.05) is 20.3 Å². The van der Waals surface area contributed by atoms with E-state index < -0.39 is 0 Å². The van der Waals surface area contributed by atoms with E-state index in [2.05, 4.69) is 15.3 Å². The molecule has 0 aliphatic heterocycles. The van der Waals surface area contributed by atoms with Crippen LogP contribution in [0.4, 0.5) is 0 Å². The summed E-state index contributed by atoms with van der Waals surface area (Å²) in [6.07, 6.45) is 5.30. The van der Waals surface area contributed by atoms with Gasteiger partial charge in [-0.2, -0.15) is 0 Å². The number of ether oxygens (including phenoxy) is 1. The minimum Gasteiger partial charge on any atom is -0.469 e. The fourth-order valence-corrected chi connectivity index (χ4v) is 1.61. The van der Waals surface area contributed by atoms with Crippen LogP contribution in [0.2, 0.25) is 0 Å². The monoisotopic (exact) mass is 247 g/mol. The zero-order valence-electron chi connectivity index (χ0n) is 10.6. The van der Waals surface area contributed by atoms with Gasteiger partial charge in [-0.3, -0.25) is 0 Å². The first kappa shape index (κ1) is 12.7. The summed E-state index contributed by atoms with van der Waals surface area (Å²) in [7, 11) is 1.69. The van der Waals surface area contributed by atoms with E-state index >= 15 is 0 Å². The molecule has 2 heterocycles. The summed E-state index contributed by atoms with van der Waals surface area (Å²) in [5, 5.41) is 3.24. The molecule has 2 aromatic rings. The lowest BCUT2D eigenvalue weighted by Gasteiger charge is -2.04. The van der Waals surface area contributed by atoms with Gasteiger partial charge in [-0.1, -0.05) is 0 Å². The molecule has 0 radical (unpaired) electrons. The number of rotatable bonds is 6. The first-order valence-electron chi connectivity index (χ1n) is 5.86. The summed E-state index contributed by atoms with van der Waals surface area (Å²) in [6.45, 7) is 4.17. The summed E-state index contributed by atoms with van der Waals surface area (Å²) in [4.78, 5) is 8.68. The van der Waals surface area contributed by atoms with Gasteiger partial charge in [-0.25, -0.2) is 9.97 Å². The Morgan fingerprint density at radius 1 is 1.33 bits per heavy atom. The zero-order valence-corrected chi connectivity index (χ0v) is 10.6. The van der Waals surface area contributed by atoms with Crippen molar-refractivity contribution in [2.45, 2.75) is 13.5 Å². The Morgan fingerprint density at radius 2 is 2.11 bits per heavy atom. The van der Waals surface area contributed by atoms with Gasteiger partial charge in [0.25, 0.3) is 0 Å². The van der Waals surface area contributed by atoms with Crippen molar-refractivity contribution in [3.63, 3.8) is 0 Å². The predicted octanol–water partition coefficient (Wildman–Crippen LogP) is 1.78. The third-order valence-corrected chi connectivity index (χ3v) is 2.62. The topological polar surface area (TPSA) is 60.2 Å². The summed E-state index contributed by atoms with van der Waals surface area (Å²) in [5.74, 6) is 1.53. The second kappa shape index (κ2) is 6.28. The number of aryl methyl sites for hydroxylation is 1. The molecule has 0 aliphatic rings. The molecule has 0 aliphatic carbocycles. The molecule has 18 heavy (non-hydrogen) atoms. The van der Waals surface area contributed by atoms with E-state index in [0.29, 0.717) is 12.4 Å². The lowest BCUT2D eigenvalue weighted by molar-refractivity contribution is 0.199. The number of methoxy groups -OCH3 is 1. The van der Waals surface area contributed by atoms with Crippen LogP contribution in [-0.2, 0) is 11.3 Å². The number of furan rings is 1. The van der Waals surface area contributed by atoms with Gasteiger partial charge in [-0.05, 0) is 13.0 Å². The molecule has 1 N–H and O–H groups in total. The fraction of sp³-hybridized carbons (Fsp3) is 0.385. The zero-order chi connectivity index (χ0) is 12.8. The first-order valence-corrected chi connectivity index (χ1v) is 5.86. The maximum Gasteiger partial charge on any atom is 0.162 e. The minimum absolute atomic E-state index is 0.696. The fourth-order valence-electron chi connectivity index (χ4n) is 1.61. The van der Waals surface area contributed by atoms with Crippen LogP contribution in [0.25, 0.3) is 11.4 Å². The number of aromatic nitrogens is 2. The Kier molecular flexibility index (Phi) is 4.44. The molecular formula is C13H17N3O2. The van der Waals surface area contributed by atoms with Crippen LogP contribution in [0.1, 0.15) is 11.3 Å². The van der Waals surface area contributed by atoms with Crippen molar-refractivity contribution >= 4 is 0 Å². The highest BCUT2D eigenvalue weighted by molar-refractivity contribution is 5.56. The molecule has 0 unspecified atom stereocenters. The molecule has 96 valence electrons. The van der Waals surface area contributed by atoms with Crippen molar-refractivity contribution < 1.29 is 9.15 Å². The molecule has 5 heteroatoms. The van der Waals surface area contributed by atoms with Crippen molar-refractivity contribution in [2.24, 2.45) is 0 Å². The minimum atomic E-state index is 0.696. The summed E-state index contributed by atoms with van der Waals surface area (Å²) in [5.41, 5.74) is 1.99. The average Bonchev–Trinajstić information content (AvgIpc) is 2.82. The van der Waals surface area contributed by atoms with Gasteiger partial charge in [0.1, 0.15) is 5.76 Å². The number of nitrogens with one attached hydrogen (secondary N) is 1. The lowest BCUT2D eigenvalue weighted by Crippen LogP contribution is -2.18. The van der Waals surface area contributed by atoms with E-state index in [4.69, 9.17) is 9.15 Å². The van der Waals surface area contributed by atoms with Gasteiger partial charge in [0, 0.05) is 38.2 Å². The Labute approximate surface area is 106 Å². The molecule has 2 rings (SSSR count). The van der Waals surface area contributed by atoms with Gasteiger partial charge >= 0.3 is 0 Å². The van der Waals surface area contributed by atoms with Gasteiger partial charge < -0.3 is 14.5 Å². The smallest absolute Gasteiger partial charge is 0.162 e. The van der Waals surface area contributed by atoms with Gasteiger partial charge in [0.05, 0.1) is 18.4 Å². The second-order valence-corrected chi connectivity index (χ2v) is 3.97. The van der Waals surface area contributed by atoms with E-state index in [9.17, 15) is 0 Å². The molecule has 0 amide bonds. The third kappa shape index (κ3) is 3.15. The van der Waals surface area contributed by atoms with Crippen LogP contribution in [0.15, 0.2) is 29.1 Å². The van der Waals surface area contributed by atoms with Crippen molar-refractivity contribution in [1.82, 2.24) is 15.3 Å². The molecule has 0 fully saturated rings. The van der Waals surface area contributed by atoms with E-state index in [-0.39, 0.29) is 0 Å². The highest BCUT2D eigenvalue weighted by Gasteiger charge is 2.06. The van der Waals surface area contributed by atoms with Crippen LogP contribution in [-0.4, -0.2) is 30.2 Å². The molecule has 0 atom stereocenters. The largest absolute Gasteiger partial charge is 0.469 e. The molecule has 5 nitrogen and oxygen atoms in total. The third-order valence-electron chi connectivity index (χ3n) is 2.62. The molecule has 0 spiro atoms. The standard InChI is InChI=1S/C13H17N3O2/c1-10-12(3-5-18-10)13-15-8-11(9-16-13)7-14-4-6-17-2/h3,5,8-9,14H,4,6-7H2,1-2H3. The average molecular weight is 247 g/mol. The van der Waals surface area contributed by atoms with Crippen LogP contribution < -0.4 is 5.32 Å².